The van der Waals surface area contributed by atoms with Gasteiger partial charge in [-0.05, 0) is 39.0 Å². The Balaban J connectivity index is 1.71. The van der Waals surface area contributed by atoms with Crippen LogP contribution in [-0.4, -0.2) is 48.8 Å². The summed E-state index contributed by atoms with van der Waals surface area (Å²) in [7, 11) is 0. The minimum Gasteiger partial charge on any atom is -0.376 e. The minimum atomic E-state index is 0.0830. The van der Waals surface area contributed by atoms with Crippen molar-refractivity contribution >= 4 is 5.91 Å². The summed E-state index contributed by atoms with van der Waals surface area (Å²) >= 11 is 0. The van der Waals surface area contributed by atoms with Crippen molar-refractivity contribution < 1.29 is 14.3 Å². The Kier molecular flexibility index (Phi) is 3.89. The minimum absolute atomic E-state index is 0.0830. The van der Waals surface area contributed by atoms with Gasteiger partial charge in [0, 0.05) is 18.7 Å². The summed E-state index contributed by atoms with van der Waals surface area (Å²) in [6, 6.07) is 0.222. The highest BCUT2D eigenvalue weighted by Gasteiger charge is 2.45. The molecule has 0 aromatic carbocycles. The van der Waals surface area contributed by atoms with Crippen molar-refractivity contribution in [1.29, 1.82) is 0 Å². The van der Waals surface area contributed by atoms with Crippen LogP contribution in [0.1, 0.15) is 39.0 Å². The summed E-state index contributed by atoms with van der Waals surface area (Å²) in [5.74, 6) is 0.243. The van der Waals surface area contributed by atoms with E-state index in [1.165, 1.54) is 0 Å². The summed E-state index contributed by atoms with van der Waals surface area (Å²) in [5.41, 5.74) is 1.01. The third-order valence-corrected chi connectivity index (χ3v) is 4.49. The highest BCUT2D eigenvalue weighted by Crippen LogP contribution is 2.33. The topological polar surface area (TPSA) is 38.8 Å². The molecule has 0 aromatic heterocycles. The monoisotopic (exact) mass is 265 g/mol. The number of carbonyl (C=O) groups is 1. The Labute approximate surface area is 114 Å². The number of rotatable bonds is 3. The van der Waals surface area contributed by atoms with E-state index in [1.807, 2.05) is 11.8 Å². The van der Waals surface area contributed by atoms with E-state index in [-0.39, 0.29) is 24.2 Å². The molecule has 1 saturated carbocycles. The maximum atomic E-state index is 12.6. The van der Waals surface area contributed by atoms with Crippen molar-refractivity contribution in [3.63, 3.8) is 0 Å². The third kappa shape index (κ3) is 2.43. The van der Waals surface area contributed by atoms with Crippen LogP contribution < -0.4 is 0 Å². The number of fused-ring (bicyclic) bond motifs is 1. The first-order valence-electron chi connectivity index (χ1n) is 7.54. The van der Waals surface area contributed by atoms with Crippen LogP contribution in [0, 0.1) is 0 Å². The number of ether oxygens (including phenoxy) is 2. The van der Waals surface area contributed by atoms with Crippen molar-refractivity contribution in [3.05, 3.63) is 11.6 Å². The lowest BCUT2D eigenvalue weighted by Gasteiger charge is -2.39. The number of hydrogen-bond acceptors (Lipinski definition) is 3. The van der Waals surface area contributed by atoms with Crippen molar-refractivity contribution in [2.24, 2.45) is 0 Å². The fourth-order valence-corrected chi connectivity index (χ4v) is 3.61. The average molecular weight is 265 g/mol. The second-order valence-electron chi connectivity index (χ2n) is 5.59. The van der Waals surface area contributed by atoms with E-state index in [9.17, 15) is 4.79 Å². The second-order valence-corrected chi connectivity index (χ2v) is 5.59. The molecule has 0 bridgehead atoms. The predicted molar refractivity (Wildman–Crippen MR) is 71.8 cm³/mol. The molecular weight excluding hydrogens is 242 g/mol. The van der Waals surface area contributed by atoms with Crippen molar-refractivity contribution in [2.45, 2.75) is 57.3 Å². The molecule has 4 heteroatoms. The number of hydrogen-bond donors (Lipinski definition) is 0. The van der Waals surface area contributed by atoms with E-state index >= 15 is 0 Å². The molecule has 1 saturated heterocycles. The van der Waals surface area contributed by atoms with Gasteiger partial charge in [-0.15, -0.1) is 0 Å². The van der Waals surface area contributed by atoms with Crippen LogP contribution in [0.2, 0.25) is 0 Å². The maximum Gasteiger partial charge on any atom is 0.249 e. The zero-order valence-corrected chi connectivity index (χ0v) is 11.6. The Morgan fingerprint density at radius 3 is 3.16 bits per heavy atom. The highest BCUT2D eigenvalue weighted by atomic mass is 16.5. The molecule has 106 valence electrons. The number of amides is 1. The van der Waals surface area contributed by atoms with Gasteiger partial charge < -0.3 is 14.4 Å². The van der Waals surface area contributed by atoms with Crippen molar-refractivity contribution in [1.82, 2.24) is 4.90 Å². The van der Waals surface area contributed by atoms with Crippen molar-refractivity contribution in [3.8, 4) is 0 Å². The van der Waals surface area contributed by atoms with E-state index in [2.05, 4.69) is 6.08 Å². The lowest BCUT2D eigenvalue weighted by atomic mass is 10.1. The molecule has 0 radical (unpaired) electrons. The summed E-state index contributed by atoms with van der Waals surface area (Å²) in [5, 5.41) is 0. The summed E-state index contributed by atoms with van der Waals surface area (Å²) in [6.07, 6.45) is 7.51. The van der Waals surface area contributed by atoms with Crippen LogP contribution in [0.15, 0.2) is 11.6 Å². The van der Waals surface area contributed by atoms with Gasteiger partial charge in [-0.1, -0.05) is 6.08 Å². The lowest BCUT2D eigenvalue weighted by Crippen LogP contribution is -2.54. The SMILES string of the molecule is CCO[C@H]1CC[C@H]2[C@@H]1OCCN2C(=O)C1=CCCC1. The number of morpholine rings is 1. The molecule has 0 N–H and O–H groups in total. The molecule has 3 atom stereocenters. The second kappa shape index (κ2) is 5.63. The fraction of sp³-hybridized carbons (Fsp3) is 0.800. The Morgan fingerprint density at radius 1 is 1.53 bits per heavy atom. The maximum absolute atomic E-state index is 12.6. The largest absolute Gasteiger partial charge is 0.376 e. The van der Waals surface area contributed by atoms with Crippen molar-refractivity contribution in [2.75, 3.05) is 19.8 Å². The van der Waals surface area contributed by atoms with Gasteiger partial charge >= 0.3 is 0 Å². The van der Waals surface area contributed by atoms with Gasteiger partial charge in [0.2, 0.25) is 5.91 Å². The Hall–Kier alpha value is -0.870. The van der Waals surface area contributed by atoms with Crippen LogP contribution in [0.4, 0.5) is 0 Å². The van der Waals surface area contributed by atoms with E-state index in [1.54, 1.807) is 0 Å². The first-order valence-corrected chi connectivity index (χ1v) is 7.54. The zero-order chi connectivity index (χ0) is 13.2. The molecule has 2 fully saturated rings. The molecular formula is C15H23NO3. The average Bonchev–Trinajstić information content (AvgIpc) is 3.08. The molecule has 0 unspecified atom stereocenters. The standard InChI is InChI=1S/C15H23NO3/c1-2-18-13-8-7-12-14(13)19-10-9-16(12)15(17)11-5-3-4-6-11/h5,12-14H,2-4,6-10H2,1H3/t12-,13-,14-/m0/s1. The van der Waals surface area contributed by atoms with Crippen LogP contribution in [0.25, 0.3) is 0 Å². The first kappa shape index (κ1) is 13.1. The molecule has 3 rings (SSSR count). The quantitative estimate of drug-likeness (QED) is 0.782. The van der Waals surface area contributed by atoms with Gasteiger partial charge in [0.15, 0.2) is 0 Å². The van der Waals surface area contributed by atoms with Gasteiger partial charge in [-0.25, -0.2) is 0 Å². The molecule has 0 spiro atoms. The van der Waals surface area contributed by atoms with Crippen LogP contribution in [0.5, 0.6) is 0 Å². The molecule has 3 aliphatic rings. The predicted octanol–water partition coefficient (Wildman–Crippen LogP) is 1.89. The zero-order valence-electron chi connectivity index (χ0n) is 11.6. The highest BCUT2D eigenvalue weighted by molar-refractivity contribution is 5.94. The van der Waals surface area contributed by atoms with Gasteiger partial charge in [-0.2, -0.15) is 0 Å². The van der Waals surface area contributed by atoms with Gasteiger partial charge in [0.05, 0.1) is 18.8 Å². The van der Waals surface area contributed by atoms with Gasteiger partial charge in [-0.3, -0.25) is 4.79 Å². The third-order valence-electron chi connectivity index (χ3n) is 4.49. The summed E-state index contributed by atoms with van der Waals surface area (Å²) in [6.45, 7) is 4.11. The Bertz CT molecular complexity index is 380. The molecule has 1 aliphatic heterocycles. The Morgan fingerprint density at radius 2 is 2.42 bits per heavy atom. The molecule has 1 amide bonds. The lowest BCUT2D eigenvalue weighted by molar-refractivity contribution is -0.147. The first-order chi connectivity index (χ1) is 9.31. The van der Waals surface area contributed by atoms with Gasteiger partial charge in [0.1, 0.15) is 6.10 Å². The molecule has 4 nitrogen and oxygen atoms in total. The van der Waals surface area contributed by atoms with Gasteiger partial charge in [0.25, 0.3) is 0 Å². The molecule has 2 aliphatic carbocycles. The normalized spacial score (nSPS) is 34.3. The molecule has 1 heterocycles. The van der Waals surface area contributed by atoms with E-state index < -0.39 is 0 Å². The van der Waals surface area contributed by atoms with Crippen LogP contribution in [0.3, 0.4) is 0 Å². The van der Waals surface area contributed by atoms with Crippen LogP contribution in [-0.2, 0) is 14.3 Å². The van der Waals surface area contributed by atoms with Crippen LogP contribution >= 0.6 is 0 Å². The summed E-state index contributed by atoms with van der Waals surface area (Å²) < 4.78 is 11.6. The van der Waals surface area contributed by atoms with E-state index in [4.69, 9.17) is 9.47 Å². The fourth-order valence-electron chi connectivity index (χ4n) is 3.61. The number of carbonyl (C=O) groups excluding carboxylic acids is 1. The molecule has 19 heavy (non-hydrogen) atoms. The van der Waals surface area contributed by atoms with E-state index in [0.29, 0.717) is 6.61 Å². The number of allylic oxidation sites excluding steroid dienone is 1. The smallest absolute Gasteiger partial charge is 0.249 e. The molecule has 0 aromatic rings. The summed E-state index contributed by atoms with van der Waals surface area (Å²) in [4.78, 5) is 14.6. The number of nitrogens with zero attached hydrogens (tertiary/aromatic N) is 1. The van der Waals surface area contributed by atoms with E-state index in [0.717, 1.165) is 50.8 Å².